The summed E-state index contributed by atoms with van der Waals surface area (Å²) >= 11 is 0. The molecule has 0 spiro atoms. The van der Waals surface area contributed by atoms with Crippen LogP contribution in [0.2, 0.25) is 0 Å². The SMILES string of the molecule is CC(C)C.CNC(C)(C)c1ncn(CC(C)C)c1-c1ccccc1N. The molecule has 0 unspecified atom stereocenters. The summed E-state index contributed by atoms with van der Waals surface area (Å²) in [6, 6.07) is 8.00. The zero-order valence-corrected chi connectivity index (χ0v) is 17.2. The molecule has 0 atom stereocenters. The van der Waals surface area contributed by atoms with E-state index in [1.807, 2.05) is 31.6 Å². The van der Waals surface area contributed by atoms with Gasteiger partial charge < -0.3 is 15.6 Å². The van der Waals surface area contributed by atoms with Crippen molar-refractivity contribution < 1.29 is 0 Å². The molecule has 2 aromatic rings. The fourth-order valence-electron chi connectivity index (χ4n) is 2.48. The van der Waals surface area contributed by atoms with Crippen molar-refractivity contribution in [1.29, 1.82) is 0 Å². The van der Waals surface area contributed by atoms with Crippen LogP contribution in [0.15, 0.2) is 30.6 Å². The third-order valence-electron chi connectivity index (χ3n) is 3.83. The van der Waals surface area contributed by atoms with Crippen molar-refractivity contribution in [2.45, 2.75) is 60.5 Å². The van der Waals surface area contributed by atoms with Gasteiger partial charge in [0.15, 0.2) is 0 Å². The van der Waals surface area contributed by atoms with Crippen LogP contribution in [0.4, 0.5) is 5.69 Å². The minimum Gasteiger partial charge on any atom is -0.398 e. The normalized spacial score (nSPS) is 11.6. The van der Waals surface area contributed by atoms with Crippen LogP contribution in [0, 0.1) is 11.8 Å². The molecule has 0 saturated heterocycles. The molecule has 3 N–H and O–H groups in total. The smallest absolute Gasteiger partial charge is 0.0955 e. The van der Waals surface area contributed by atoms with Crippen LogP contribution < -0.4 is 11.1 Å². The molecular formula is C21H36N4. The van der Waals surface area contributed by atoms with E-state index >= 15 is 0 Å². The molecule has 0 aliphatic rings. The molecule has 1 heterocycles. The first-order valence-electron chi connectivity index (χ1n) is 9.19. The second-order valence-electron chi connectivity index (χ2n) is 8.18. The van der Waals surface area contributed by atoms with Crippen molar-refractivity contribution >= 4 is 5.69 Å². The van der Waals surface area contributed by atoms with Crippen LogP contribution in [-0.2, 0) is 12.1 Å². The number of anilines is 1. The molecule has 140 valence electrons. The minimum atomic E-state index is -0.208. The molecule has 4 nitrogen and oxygen atoms in total. The van der Waals surface area contributed by atoms with Gasteiger partial charge in [0, 0.05) is 17.8 Å². The van der Waals surface area contributed by atoms with Gasteiger partial charge in [-0.2, -0.15) is 0 Å². The van der Waals surface area contributed by atoms with Gasteiger partial charge in [-0.15, -0.1) is 0 Å². The van der Waals surface area contributed by atoms with Gasteiger partial charge in [0.1, 0.15) is 0 Å². The molecule has 2 rings (SSSR count). The van der Waals surface area contributed by atoms with Crippen molar-refractivity contribution in [3.05, 3.63) is 36.3 Å². The van der Waals surface area contributed by atoms with Crippen molar-refractivity contribution in [3.8, 4) is 11.3 Å². The molecule has 0 aliphatic heterocycles. The highest BCUT2D eigenvalue weighted by atomic mass is 15.1. The van der Waals surface area contributed by atoms with Gasteiger partial charge in [-0.1, -0.05) is 52.8 Å². The largest absolute Gasteiger partial charge is 0.398 e. The highest BCUT2D eigenvalue weighted by molar-refractivity contribution is 5.76. The second kappa shape index (κ2) is 9.04. The van der Waals surface area contributed by atoms with Crippen molar-refractivity contribution in [2.75, 3.05) is 12.8 Å². The van der Waals surface area contributed by atoms with Gasteiger partial charge in [-0.05, 0) is 38.8 Å². The Balaban J connectivity index is 0.000000705. The fourth-order valence-corrected chi connectivity index (χ4v) is 2.48. The average molecular weight is 345 g/mol. The number of aromatic nitrogens is 2. The van der Waals surface area contributed by atoms with Gasteiger partial charge in [-0.25, -0.2) is 4.98 Å². The van der Waals surface area contributed by atoms with Gasteiger partial charge in [0.25, 0.3) is 0 Å². The van der Waals surface area contributed by atoms with Crippen molar-refractivity contribution in [3.63, 3.8) is 0 Å². The molecule has 1 aromatic heterocycles. The summed E-state index contributed by atoms with van der Waals surface area (Å²) in [4.78, 5) is 4.67. The molecule has 0 aliphatic carbocycles. The lowest BCUT2D eigenvalue weighted by Crippen LogP contribution is -2.34. The predicted octanol–water partition coefficient (Wildman–Crippen LogP) is 4.91. The van der Waals surface area contributed by atoms with Gasteiger partial charge in [0.05, 0.1) is 23.3 Å². The Bertz CT molecular complexity index is 651. The first kappa shape index (κ1) is 21.2. The summed E-state index contributed by atoms with van der Waals surface area (Å²) in [5.41, 5.74) is 9.98. The highest BCUT2D eigenvalue weighted by Gasteiger charge is 2.27. The number of nitrogens with zero attached hydrogens (tertiary/aromatic N) is 2. The standard InChI is InChI=1S/C17H26N4.C4H10/c1-12(2)10-21-11-20-16(17(3,4)19-5)15(21)13-8-6-7-9-14(13)18;1-4(2)3/h6-9,11-12,19H,10,18H2,1-5H3;4H,1-3H3. The van der Waals surface area contributed by atoms with Crippen LogP contribution >= 0.6 is 0 Å². The monoisotopic (exact) mass is 344 g/mol. The van der Waals surface area contributed by atoms with E-state index in [1.54, 1.807) is 0 Å². The Morgan fingerprint density at radius 2 is 1.68 bits per heavy atom. The minimum absolute atomic E-state index is 0.208. The van der Waals surface area contributed by atoms with E-state index in [1.165, 1.54) is 0 Å². The van der Waals surface area contributed by atoms with Crippen LogP contribution in [0.3, 0.4) is 0 Å². The van der Waals surface area contributed by atoms with Crippen LogP contribution in [0.25, 0.3) is 11.3 Å². The highest BCUT2D eigenvalue weighted by Crippen LogP contribution is 2.34. The zero-order valence-electron chi connectivity index (χ0n) is 17.2. The third kappa shape index (κ3) is 5.89. The topological polar surface area (TPSA) is 55.9 Å². The van der Waals surface area contributed by atoms with Gasteiger partial charge in [0.2, 0.25) is 0 Å². The molecule has 0 fully saturated rings. The lowest BCUT2D eigenvalue weighted by molar-refractivity contribution is 0.433. The fraction of sp³-hybridized carbons (Fsp3) is 0.571. The van der Waals surface area contributed by atoms with E-state index in [-0.39, 0.29) is 5.54 Å². The number of hydrogen-bond acceptors (Lipinski definition) is 3. The van der Waals surface area contributed by atoms with Crippen molar-refractivity contribution in [1.82, 2.24) is 14.9 Å². The number of hydrogen-bond donors (Lipinski definition) is 2. The Hall–Kier alpha value is -1.81. The van der Waals surface area contributed by atoms with E-state index in [9.17, 15) is 0 Å². The number of nitrogens with two attached hydrogens (primary N) is 1. The molecule has 0 amide bonds. The summed E-state index contributed by atoms with van der Waals surface area (Å²) in [6.45, 7) is 16.1. The first-order valence-corrected chi connectivity index (χ1v) is 9.19. The molecule has 4 heteroatoms. The van der Waals surface area contributed by atoms with Gasteiger partial charge in [-0.3, -0.25) is 0 Å². The van der Waals surface area contributed by atoms with E-state index in [0.717, 1.165) is 35.1 Å². The Labute approximate surface area is 153 Å². The molecule has 0 radical (unpaired) electrons. The second-order valence-corrected chi connectivity index (χ2v) is 8.18. The number of benzene rings is 1. The summed E-state index contributed by atoms with van der Waals surface area (Å²) < 4.78 is 2.21. The quantitative estimate of drug-likeness (QED) is 0.758. The maximum Gasteiger partial charge on any atom is 0.0955 e. The molecule has 1 aromatic carbocycles. The van der Waals surface area contributed by atoms with Crippen LogP contribution in [-0.4, -0.2) is 16.6 Å². The molecular weight excluding hydrogens is 308 g/mol. The maximum atomic E-state index is 6.20. The molecule has 0 bridgehead atoms. The molecule has 25 heavy (non-hydrogen) atoms. The number of para-hydroxylation sites is 1. The zero-order chi connectivity index (χ0) is 19.2. The van der Waals surface area contributed by atoms with E-state index in [0.29, 0.717) is 5.92 Å². The van der Waals surface area contributed by atoms with Gasteiger partial charge >= 0.3 is 0 Å². The summed E-state index contributed by atoms with van der Waals surface area (Å²) in [6.07, 6.45) is 1.93. The summed E-state index contributed by atoms with van der Waals surface area (Å²) in [5, 5.41) is 3.34. The maximum absolute atomic E-state index is 6.20. The van der Waals surface area contributed by atoms with E-state index in [2.05, 4.69) is 69.4 Å². The predicted molar refractivity (Wildman–Crippen MR) is 110 cm³/mol. The Morgan fingerprint density at radius 3 is 2.16 bits per heavy atom. The first-order chi connectivity index (χ1) is 11.6. The Kier molecular flexibility index (Phi) is 7.68. The molecule has 0 saturated carbocycles. The number of imidazole rings is 1. The van der Waals surface area contributed by atoms with Crippen molar-refractivity contribution in [2.24, 2.45) is 11.8 Å². The summed E-state index contributed by atoms with van der Waals surface area (Å²) in [5.74, 6) is 1.38. The van der Waals surface area contributed by atoms with Crippen LogP contribution in [0.5, 0.6) is 0 Å². The lowest BCUT2D eigenvalue weighted by Gasteiger charge is -2.25. The summed E-state index contributed by atoms with van der Waals surface area (Å²) in [7, 11) is 1.96. The number of nitrogens with one attached hydrogen (secondary N) is 1. The lowest BCUT2D eigenvalue weighted by atomic mass is 9.95. The van der Waals surface area contributed by atoms with Crippen LogP contribution in [0.1, 0.15) is 54.2 Å². The van der Waals surface area contributed by atoms with E-state index < -0.39 is 0 Å². The van der Waals surface area contributed by atoms with E-state index in [4.69, 9.17) is 5.73 Å². The number of nitrogen functional groups attached to an aromatic ring is 1. The number of rotatable bonds is 5. The average Bonchev–Trinajstić information content (AvgIpc) is 2.90. The Morgan fingerprint density at radius 1 is 1.12 bits per heavy atom. The third-order valence-corrected chi connectivity index (χ3v) is 3.83.